The van der Waals surface area contributed by atoms with Gasteiger partial charge in [0.15, 0.2) is 0 Å². The maximum Gasteiger partial charge on any atom is 0.407 e. The molecule has 2 aromatic carbocycles. The minimum Gasteiger partial charge on any atom is -0.480 e. The van der Waals surface area contributed by atoms with Crippen LogP contribution in [0.1, 0.15) is 44.7 Å². The highest BCUT2D eigenvalue weighted by molar-refractivity contribution is 7.99. The molecule has 1 aliphatic carbocycles. The normalized spacial score (nSPS) is 17.8. The number of benzene rings is 2. The van der Waals surface area contributed by atoms with E-state index < -0.39 is 29.1 Å². The topological polar surface area (TPSA) is 95.9 Å². The van der Waals surface area contributed by atoms with Gasteiger partial charge in [0.05, 0.1) is 16.8 Å². The van der Waals surface area contributed by atoms with E-state index in [1.165, 1.54) is 16.7 Å². The lowest BCUT2D eigenvalue weighted by molar-refractivity contribution is -0.154. The van der Waals surface area contributed by atoms with Gasteiger partial charge in [-0.25, -0.2) is 9.59 Å². The van der Waals surface area contributed by atoms with E-state index in [0.717, 1.165) is 22.3 Å². The van der Waals surface area contributed by atoms with Gasteiger partial charge in [-0.15, -0.1) is 11.8 Å². The molecule has 180 valence electrons. The summed E-state index contributed by atoms with van der Waals surface area (Å²) in [6, 6.07) is 15.4. The lowest BCUT2D eigenvalue weighted by Gasteiger charge is -2.43. The summed E-state index contributed by atoms with van der Waals surface area (Å²) in [7, 11) is 0. The van der Waals surface area contributed by atoms with Crippen molar-refractivity contribution in [2.45, 2.75) is 45.2 Å². The van der Waals surface area contributed by atoms with E-state index in [-0.39, 0.29) is 18.4 Å². The minimum absolute atomic E-state index is 0.0612. The van der Waals surface area contributed by atoms with Crippen molar-refractivity contribution < 1.29 is 24.2 Å². The Hall–Kier alpha value is -3.00. The fourth-order valence-corrected chi connectivity index (χ4v) is 5.66. The fraction of sp³-hybridized carbons (Fsp3) is 0.423. The molecule has 1 aliphatic heterocycles. The average molecular weight is 483 g/mol. The molecule has 34 heavy (non-hydrogen) atoms. The first kappa shape index (κ1) is 24.1. The number of aliphatic carboxylic acids is 1. The number of carbonyl (C=O) groups excluding carboxylic acids is 2. The van der Waals surface area contributed by atoms with E-state index in [1.807, 2.05) is 24.3 Å². The number of ether oxygens (including phenoxy) is 1. The van der Waals surface area contributed by atoms with Gasteiger partial charge in [-0.05, 0) is 49.9 Å². The molecule has 1 fully saturated rings. The molecule has 2 N–H and O–H groups in total. The molecule has 1 saturated heterocycles. The molecule has 8 heteroatoms. The van der Waals surface area contributed by atoms with Gasteiger partial charge in [0.25, 0.3) is 0 Å². The molecule has 0 bridgehead atoms. The smallest absolute Gasteiger partial charge is 0.407 e. The Morgan fingerprint density at radius 3 is 2.15 bits per heavy atom. The lowest BCUT2D eigenvalue weighted by atomic mass is 9.73. The molecular formula is C26H30N2O5S. The van der Waals surface area contributed by atoms with Crippen molar-refractivity contribution in [1.29, 1.82) is 0 Å². The summed E-state index contributed by atoms with van der Waals surface area (Å²) in [5.41, 5.74) is 2.50. The Morgan fingerprint density at radius 2 is 1.59 bits per heavy atom. The van der Waals surface area contributed by atoms with E-state index in [2.05, 4.69) is 29.6 Å². The van der Waals surface area contributed by atoms with Crippen LogP contribution in [0.15, 0.2) is 48.5 Å². The third-order valence-electron chi connectivity index (χ3n) is 7.28. The number of nitrogens with one attached hydrogen (secondary N) is 1. The van der Waals surface area contributed by atoms with E-state index >= 15 is 0 Å². The third-order valence-corrected chi connectivity index (χ3v) is 8.30. The summed E-state index contributed by atoms with van der Waals surface area (Å²) in [5.74, 6) is -0.711. The Kier molecular flexibility index (Phi) is 6.38. The lowest BCUT2D eigenvalue weighted by Crippen LogP contribution is -2.61. The summed E-state index contributed by atoms with van der Waals surface area (Å²) in [5, 5.41) is 12.3. The highest BCUT2D eigenvalue weighted by Gasteiger charge is 2.49. The van der Waals surface area contributed by atoms with Gasteiger partial charge in [0.1, 0.15) is 12.6 Å². The Labute approximate surface area is 203 Å². The van der Waals surface area contributed by atoms with Crippen LogP contribution in [0.3, 0.4) is 0 Å². The van der Waals surface area contributed by atoms with Crippen LogP contribution in [0, 0.1) is 5.41 Å². The molecule has 2 aromatic rings. The quantitative estimate of drug-likeness (QED) is 0.637. The van der Waals surface area contributed by atoms with Crippen LogP contribution in [0.2, 0.25) is 0 Å². The van der Waals surface area contributed by atoms with Crippen LogP contribution in [-0.2, 0) is 14.3 Å². The van der Waals surface area contributed by atoms with Gasteiger partial charge in [-0.3, -0.25) is 4.79 Å². The Balaban J connectivity index is 1.44. The molecule has 1 heterocycles. The fourth-order valence-electron chi connectivity index (χ4n) is 4.52. The first-order valence-corrected chi connectivity index (χ1v) is 12.4. The van der Waals surface area contributed by atoms with Crippen molar-refractivity contribution in [1.82, 2.24) is 10.2 Å². The third kappa shape index (κ3) is 4.15. The molecule has 2 amide bonds. The molecular weight excluding hydrogens is 452 g/mol. The maximum absolute atomic E-state index is 13.3. The SMILES string of the molecule is CC(C)(NC(=O)OCC1c2ccccc2-c2ccccc21)C(C)(C)C(=O)N1CSCC1C(=O)O. The second-order valence-corrected chi connectivity index (χ2v) is 10.8. The highest BCUT2D eigenvalue weighted by Crippen LogP contribution is 2.44. The second kappa shape index (κ2) is 8.98. The van der Waals surface area contributed by atoms with Crippen molar-refractivity contribution >= 4 is 29.7 Å². The van der Waals surface area contributed by atoms with Crippen molar-refractivity contribution in [3.05, 3.63) is 59.7 Å². The molecule has 2 aliphatic rings. The average Bonchev–Trinajstić information content (AvgIpc) is 3.40. The van der Waals surface area contributed by atoms with E-state index in [1.54, 1.807) is 27.7 Å². The summed E-state index contributed by atoms with van der Waals surface area (Å²) in [6.45, 7) is 7.13. The van der Waals surface area contributed by atoms with Crippen molar-refractivity contribution in [2.75, 3.05) is 18.2 Å². The minimum atomic E-state index is -1.06. The summed E-state index contributed by atoms with van der Waals surface area (Å²) in [6.07, 6.45) is -0.613. The zero-order chi connectivity index (χ0) is 24.7. The Morgan fingerprint density at radius 1 is 1.03 bits per heavy atom. The van der Waals surface area contributed by atoms with Crippen LogP contribution in [-0.4, -0.2) is 57.8 Å². The number of rotatable bonds is 6. The number of carbonyl (C=O) groups is 3. The zero-order valence-electron chi connectivity index (χ0n) is 19.8. The maximum atomic E-state index is 13.3. The number of nitrogens with zero attached hydrogens (tertiary/aromatic N) is 1. The largest absolute Gasteiger partial charge is 0.480 e. The molecule has 1 atom stereocenters. The summed E-state index contributed by atoms with van der Waals surface area (Å²) in [4.78, 5) is 39.1. The van der Waals surface area contributed by atoms with Crippen LogP contribution >= 0.6 is 11.8 Å². The number of carboxylic acids is 1. The summed E-state index contributed by atoms with van der Waals surface area (Å²) >= 11 is 1.41. The van der Waals surface area contributed by atoms with E-state index in [4.69, 9.17) is 4.74 Å². The molecule has 1 unspecified atom stereocenters. The molecule has 0 spiro atoms. The molecule has 0 aromatic heterocycles. The first-order valence-electron chi connectivity index (χ1n) is 11.3. The standard InChI is InChI=1S/C26H30N2O5S/c1-25(2,23(31)28-15-34-14-21(28)22(29)30)26(3,4)27-24(32)33-13-20-18-11-7-5-9-16(18)17-10-6-8-12-19(17)20/h5-12,20-21H,13-15H2,1-4H3,(H,27,32)(H,29,30). The second-order valence-electron chi connectivity index (χ2n) is 9.83. The first-order chi connectivity index (χ1) is 16.0. The number of alkyl carbamates (subject to hydrolysis) is 1. The molecule has 7 nitrogen and oxygen atoms in total. The van der Waals surface area contributed by atoms with Crippen LogP contribution in [0.4, 0.5) is 4.79 Å². The van der Waals surface area contributed by atoms with Gasteiger partial charge >= 0.3 is 12.1 Å². The monoisotopic (exact) mass is 482 g/mol. The van der Waals surface area contributed by atoms with Gasteiger partial charge in [0, 0.05) is 11.7 Å². The van der Waals surface area contributed by atoms with Crippen LogP contribution in [0.5, 0.6) is 0 Å². The molecule has 0 saturated carbocycles. The number of amides is 2. The van der Waals surface area contributed by atoms with E-state index in [0.29, 0.717) is 11.6 Å². The zero-order valence-corrected chi connectivity index (χ0v) is 20.6. The number of carboxylic acid groups (broad SMARTS) is 1. The van der Waals surface area contributed by atoms with Crippen LogP contribution < -0.4 is 5.32 Å². The van der Waals surface area contributed by atoms with Gasteiger partial charge in [-0.2, -0.15) is 0 Å². The number of fused-ring (bicyclic) bond motifs is 3. The van der Waals surface area contributed by atoms with Crippen molar-refractivity contribution in [3.8, 4) is 11.1 Å². The van der Waals surface area contributed by atoms with Crippen LogP contribution in [0.25, 0.3) is 11.1 Å². The number of hydrogen-bond donors (Lipinski definition) is 2. The Bertz CT molecular complexity index is 1080. The van der Waals surface area contributed by atoms with Gasteiger partial charge in [0.2, 0.25) is 5.91 Å². The van der Waals surface area contributed by atoms with Gasteiger partial charge in [-0.1, -0.05) is 48.5 Å². The number of hydrogen-bond acceptors (Lipinski definition) is 5. The highest BCUT2D eigenvalue weighted by atomic mass is 32.2. The van der Waals surface area contributed by atoms with Crippen molar-refractivity contribution in [2.24, 2.45) is 5.41 Å². The van der Waals surface area contributed by atoms with E-state index in [9.17, 15) is 19.5 Å². The summed E-state index contributed by atoms with van der Waals surface area (Å²) < 4.78 is 5.66. The molecule has 4 rings (SSSR count). The predicted octanol–water partition coefficient (Wildman–Crippen LogP) is 4.32. The number of thioether (sulfide) groups is 1. The molecule has 0 radical (unpaired) electrons. The predicted molar refractivity (Wildman–Crippen MR) is 132 cm³/mol. The van der Waals surface area contributed by atoms with Crippen molar-refractivity contribution in [3.63, 3.8) is 0 Å². The van der Waals surface area contributed by atoms with Gasteiger partial charge < -0.3 is 20.1 Å².